The van der Waals surface area contributed by atoms with E-state index in [4.69, 9.17) is 9.47 Å². The molecule has 6 nitrogen and oxygen atoms in total. The fourth-order valence-corrected chi connectivity index (χ4v) is 2.08. The summed E-state index contributed by atoms with van der Waals surface area (Å²) >= 11 is 0. The van der Waals surface area contributed by atoms with Crippen molar-refractivity contribution in [1.29, 1.82) is 0 Å². The van der Waals surface area contributed by atoms with Gasteiger partial charge in [-0.3, -0.25) is 4.79 Å². The van der Waals surface area contributed by atoms with Crippen molar-refractivity contribution < 1.29 is 23.8 Å². The Morgan fingerprint density at radius 3 is 2.38 bits per heavy atom. The van der Waals surface area contributed by atoms with Gasteiger partial charge >= 0.3 is 5.97 Å². The number of benzene rings is 1. The summed E-state index contributed by atoms with van der Waals surface area (Å²) < 4.78 is 15.5. The van der Waals surface area contributed by atoms with Crippen LogP contribution in [0.5, 0.6) is 5.75 Å². The van der Waals surface area contributed by atoms with Crippen LogP contribution in [0.4, 0.5) is 0 Å². The molecule has 1 amide bonds. The Kier molecular flexibility index (Phi) is 5.16. The van der Waals surface area contributed by atoms with Gasteiger partial charge in [-0.15, -0.1) is 0 Å². The van der Waals surface area contributed by atoms with Crippen LogP contribution in [0.2, 0.25) is 0 Å². The van der Waals surface area contributed by atoms with Crippen molar-refractivity contribution in [3.05, 3.63) is 29.8 Å². The SMILES string of the molecule is COC(=O)c1ccc(O[C@@H](C)C(=O)N2CCOCC2)cc1. The number of esters is 1. The van der Waals surface area contributed by atoms with Crippen LogP contribution in [0.25, 0.3) is 0 Å². The predicted molar refractivity (Wildman–Crippen MR) is 75.3 cm³/mol. The van der Waals surface area contributed by atoms with Crippen molar-refractivity contribution in [2.45, 2.75) is 13.0 Å². The second-order valence-electron chi connectivity index (χ2n) is 4.71. The molecule has 0 saturated carbocycles. The van der Waals surface area contributed by atoms with Crippen LogP contribution in [-0.2, 0) is 14.3 Å². The van der Waals surface area contributed by atoms with Gasteiger partial charge in [-0.1, -0.05) is 0 Å². The second-order valence-corrected chi connectivity index (χ2v) is 4.71. The lowest BCUT2D eigenvalue weighted by Crippen LogP contribution is -2.46. The van der Waals surface area contributed by atoms with E-state index in [1.54, 1.807) is 36.1 Å². The van der Waals surface area contributed by atoms with Gasteiger partial charge in [-0.25, -0.2) is 4.79 Å². The summed E-state index contributed by atoms with van der Waals surface area (Å²) in [7, 11) is 1.33. The predicted octanol–water partition coefficient (Wildman–Crippen LogP) is 1.10. The normalized spacial score (nSPS) is 16.2. The van der Waals surface area contributed by atoms with Crippen LogP contribution in [0, 0.1) is 0 Å². The van der Waals surface area contributed by atoms with E-state index in [9.17, 15) is 9.59 Å². The minimum Gasteiger partial charge on any atom is -0.481 e. The zero-order chi connectivity index (χ0) is 15.2. The number of ether oxygens (including phenoxy) is 3. The first-order valence-electron chi connectivity index (χ1n) is 6.83. The third-order valence-corrected chi connectivity index (χ3v) is 3.26. The number of morpholine rings is 1. The van der Waals surface area contributed by atoms with Crippen molar-refractivity contribution in [1.82, 2.24) is 4.90 Å². The highest BCUT2D eigenvalue weighted by Crippen LogP contribution is 2.15. The Balaban J connectivity index is 1.93. The minimum absolute atomic E-state index is 0.0599. The maximum absolute atomic E-state index is 12.2. The molecule has 1 heterocycles. The van der Waals surface area contributed by atoms with E-state index in [2.05, 4.69) is 4.74 Å². The summed E-state index contributed by atoms with van der Waals surface area (Å²) in [4.78, 5) is 25.3. The lowest BCUT2D eigenvalue weighted by atomic mass is 10.2. The Bertz CT molecular complexity index is 493. The van der Waals surface area contributed by atoms with E-state index in [1.165, 1.54) is 7.11 Å². The maximum Gasteiger partial charge on any atom is 0.337 e. The highest BCUT2D eigenvalue weighted by molar-refractivity contribution is 5.89. The van der Waals surface area contributed by atoms with Crippen LogP contribution in [-0.4, -0.2) is 56.3 Å². The van der Waals surface area contributed by atoms with Gasteiger partial charge < -0.3 is 19.1 Å². The lowest BCUT2D eigenvalue weighted by molar-refractivity contribution is -0.142. The maximum atomic E-state index is 12.2. The Morgan fingerprint density at radius 2 is 1.81 bits per heavy atom. The van der Waals surface area contributed by atoms with E-state index in [0.29, 0.717) is 37.6 Å². The molecule has 0 aromatic heterocycles. The Hall–Kier alpha value is -2.08. The molecule has 6 heteroatoms. The molecule has 0 N–H and O–H groups in total. The largest absolute Gasteiger partial charge is 0.481 e. The van der Waals surface area contributed by atoms with Gasteiger partial charge in [-0.2, -0.15) is 0 Å². The van der Waals surface area contributed by atoms with Crippen LogP contribution in [0.15, 0.2) is 24.3 Å². The topological polar surface area (TPSA) is 65.1 Å². The number of amides is 1. The first kappa shape index (κ1) is 15.3. The van der Waals surface area contributed by atoms with Gasteiger partial charge in [0, 0.05) is 13.1 Å². The van der Waals surface area contributed by atoms with Gasteiger partial charge in [0.2, 0.25) is 0 Å². The summed E-state index contributed by atoms with van der Waals surface area (Å²) in [5, 5.41) is 0. The molecule has 1 atom stereocenters. The molecule has 0 unspecified atom stereocenters. The van der Waals surface area contributed by atoms with Crippen LogP contribution in [0.3, 0.4) is 0 Å². The zero-order valence-corrected chi connectivity index (χ0v) is 12.2. The van der Waals surface area contributed by atoms with E-state index in [-0.39, 0.29) is 5.91 Å². The van der Waals surface area contributed by atoms with Gasteiger partial charge in [0.15, 0.2) is 6.10 Å². The summed E-state index contributed by atoms with van der Waals surface area (Å²) in [5.41, 5.74) is 0.442. The van der Waals surface area contributed by atoms with Crippen LogP contribution >= 0.6 is 0 Å². The van der Waals surface area contributed by atoms with Gasteiger partial charge in [0.05, 0.1) is 25.9 Å². The van der Waals surface area contributed by atoms with E-state index < -0.39 is 12.1 Å². The van der Waals surface area contributed by atoms with Crippen molar-refractivity contribution in [3.8, 4) is 5.75 Å². The summed E-state index contributed by atoms with van der Waals surface area (Å²) in [6.07, 6.45) is -0.577. The van der Waals surface area contributed by atoms with E-state index in [1.807, 2.05) is 0 Å². The molecule has 0 radical (unpaired) electrons. The van der Waals surface area contributed by atoms with Crippen LogP contribution in [0.1, 0.15) is 17.3 Å². The quantitative estimate of drug-likeness (QED) is 0.778. The number of carbonyl (C=O) groups excluding carboxylic acids is 2. The first-order valence-corrected chi connectivity index (χ1v) is 6.83. The molecule has 1 fully saturated rings. The summed E-state index contributed by atoms with van der Waals surface area (Å²) in [6, 6.07) is 6.50. The smallest absolute Gasteiger partial charge is 0.337 e. The number of carbonyl (C=O) groups is 2. The van der Waals surface area contributed by atoms with Crippen molar-refractivity contribution in [2.75, 3.05) is 33.4 Å². The highest BCUT2D eigenvalue weighted by atomic mass is 16.5. The molecular weight excluding hydrogens is 274 g/mol. The molecule has 0 spiro atoms. The molecular formula is C15H19NO5. The fourth-order valence-electron chi connectivity index (χ4n) is 2.08. The third kappa shape index (κ3) is 3.95. The number of hydrogen-bond donors (Lipinski definition) is 0. The third-order valence-electron chi connectivity index (χ3n) is 3.26. The van der Waals surface area contributed by atoms with Gasteiger partial charge in [0.25, 0.3) is 5.91 Å². The number of hydrogen-bond acceptors (Lipinski definition) is 5. The monoisotopic (exact) mass is 293 g/mol. The molecule has 1 aromatic rings. The Morgan fingerprint density at radius 1 is 1.19 bits per heavy atom. The molecule has 21 heavy (non-hydrogen) atoms. The van der Waals surface area contributed by atoms with E-state index in [0.717, 1.165) is 0 Å². The van der Waals surface area contributed by atoms with Crippen molar-refractivity contribution in [2.24, 2.45) is 0 Å². The molecule has 0 bridgehead atoms. The molecule has 1 saturated heterocycles. The van der Waals surface area contributed by atoms with Crippen molar-refractivity contribution in [3.63, 3.8) is 0 Å². The first-order chi connectivity index (χ1) is 10.1. The number of rotatable bonds is 4. The molecule has 1 aliphatic rings. The molecule has 2 rings (SSSR count). The average Bonchev–Trinajstić information content (AvgIpc) is 2.55. The molecule has 1 aromatic carbocycles. The van der Waals surface area contributed by atoms with Crippen LogP contribution < -0.4 is 4.74 Å². The molecule has 0 aliphatic carbocycles. The second kappa shape index (κ2) is 7.08. The summed E-state index contributed by atoms with van der Waals surface area (Å²) in [6.45, 7) is 4.02. The van der Waals surface area contributed by atoms with Gasteiger partial charge in [-0.05, 0) is 31.2 Å². The fraction of sp³-hybridized carbons (Fsp3) is 0.467. The number of methoxy groups -OCH3 is 1. The Labute approximate surface area is 123 Å². The number of nitrogens with zero attached hydrogens (tertiary/aromatic N) is 1. The highest BCUT2D eigenvalue weighted by Gasteiger charge is 2.23. The lowest BCUT2D eigenvalue weighted by Gasteiger charge is -2.29. The average molecular weight is 293 g/mol. The zero-order valence-electron chi connectivity index (χ0n) is 12.2. The minimum atomic E-state index is -0.577. The standard InChI is InChI=1S/C15H19NO5/c1-11(14(17)16-7-9-20-10-8-16)21-13-5-3-12(4-6-13)15(18)19-2/h3-6,11H,7-10H2,1-2H3/t11-/m0/s1. The molecule has 114 valence electrons. The van der Waals surface area contributed by atoms with Gasteiger partial charge in [0.1, 0.15) is 5.75 Å². The van der Waals surface area contributed by atoms with Crippen molar-refractivity contribution >= 4 is 11.9 Å². The summed E-state index contributed by atoms with van der Waals surface area (Å²) in [5.74, 6) is 0.0751. The molecule has 1 aliphatic heterocycles. The van der Waals surface area contributed by atoms with E-state index >= 15 is 0 Å².